The quantitative estimate of drug-likeness (QED) is 0.291. The summed E-state index contributed by atoms with van der Waals surface area (Å²) in [6, 6.07) is 9.97. The van der Waals surface area contributed by atoms with Crippen LogP contribution < -0.4 is 10.5 Å². The summed E-state index contributed by atoms with van der Waals surface area (Å²) in [6.07, 6.45) is 7.87. The van der Waals surface area contributed by atoms with Crippen molar-refractivity contribution in [3.8, 4) is 29.3 Å². The molecule has 48 heavy (non-hydrogen) atoms. The van der Waals surface area contributed by atoms with Crippen LogP contribution in [0.25, 0.3) is 17.3 Å². The number of hydrogen-bond donors (Lipinski definition) is 1. The predicted molar refractivity (Wildman–Crippen MR) is 175 cm³/mol. The third-order valence-corrected chi connectivity index (χ3v) is 10.8. The van der Waals surface area contributed by atoms with Gasteiger partial charge in [-0.1, -0.05) is 11.2 Å². The summed E-state index contributed by atoms with van der Waals surface area (Å²) in [5, 5.41) is 19.3. The van der Waals surface area contributed by atoms with Gasteiger partial charge in [0.25, 0.3) is 5.91 Å². The monoisotopic (exact) mass is 649 g/mol. The van der Waals surface area contributed by atoms with Gasteiger partial charge in [0, 0.05) is 36.6 Å². The number of nitrogen functional groups attached to an aromatic ring is 1. The molecular formula is C35H39N9O4. The van der Waals surface area contributed by atoms with Crippen LogP contribution in [-0.2, 0) is 23.0 Å². The van der Waals surface area contributed by atoms with Crippen LogP contribution in [0.2, 0.25) is 0 Å². The molecular weight excluding hydrogens is 610 g/mol. The summed E-state index contributed by atoms with van der Waals surface area (Å²) in [6.45, 7) is 4.14. The third-order valence-electron chi connectivity index (χ3n) is 10.8. The first kappa shape index (κ1) is 30.5. The lowest BCUT2D eigenvalue weighted by molar-refractivity contribution is -0.0469. The highest BCUT2D eigenvalue weighted by atomic mass is 16.5. The normalized spacial score (nSPS) is 22.6. The van der Waals surface area contributed by atoms with E-state index in [0.29, 0.717) is 53.4 Å². The first-order chi connectivity index (χ1) is 23.3. The molecule has 3 aromatic heterocycles. The van der Waals surface area contributed by atoms with E-state index in [0.717, 1.165) is 73.9 Å². The van der Waals surface area contributed by atoms with Crippen molar-refractivity contribution in [3.63, 3.8) is 0 Å². The zero-order valence-corrected chi connectivity index (χ0v) is 27.5. The molecule has 4 aliphatic rings. The molecule has 4 aromatic rings. The predicted octanol–water partition coefficient (Wildman–Crippen LogP) is 3.67. The van der Waals surface area contributed by atoms with Gasteiger partial charge in [-0.15, -0.1) is 0 Å². The highest BCUT2D eigenvalue weighted by Crippen LogP contribution is 2.54. The Kier molecular flexibility index (Phi) is 7.45. The molecule has 2 aliphatic carbocycles. The number of carbonyl (C=O) groups excluding carboxylic acids is 1. The van der Waals surface area contributed by atoms with Gasteiger partial charge in [0.2, 0.25) is 5.88 Å². The molecule has 13 nitrogen and oxygen atoms in total. The van der Waals surface area contributed by atoms with Crippen LogP contribution in [0.4, 0.5) is 5.69 Å². The molecule has 3 atom stereocenters. The van der Waals surface area contributed by atoms with E-state index in [1.807, 2.05) is 12.1 Å². The van der Waals surface area contributed by atoms with Gasteiger partial charge in [-0.3, -0.25) is 9.69 Å². The Balaban J connectivity index is 1.20. The number of anilines is 1. The second kappa shape index (κ2) is 11.7. The van der Waals surface area contributed by atoms with E-state index in [9.17, 15) is 10.1 Å². The number of nitrogens with zero attached hydrogens (tertiary/aromatic N) is 8. The smallest absolute Gasteiger partial charge is 0.274 e. The standard InChI is InChI=1S/C35H39N9O4/c1-20(27-7-5-14-42(27)2)47-29-16-28(44-15-11-26(40-44)34(45)43(3)22-18-46-19-22)38-33(39-29)31-23-6-4-12-35(32(23)48-41-31)13-10-21-8-9-25(37)24(17-36)30(21)35/h8-9,11,15-16,20,22,27H,4-7,10,12-14,18-19,37H2,1-3H3. The van der Waals surface area contributed by atoms with Crippen LogP contribution in [0, 0.1) is 11.3 Å². The van der Waals surface area contributed by atoms with Gasteiger partial charge in [0.1, 0.15) is 12.2 Å². The molecule has 0 bridgehead atoms. The Morgan fingerprint density at radius 2 is 2.06 bits per heavy atom. The summed E-state index contributed by atoms with van der Waals surface area (Å²) in [7, 11) is 3.88. The van der Waals surface area contributed by atoms with Crippen molar-refractivity contribution in [2.75, 3.05) is 39.6 Å². The molecule has 8 rings (SSSR count). The van der Waals surface area contributed by atoms with Crippen LogP contribution in [0.5, 0.6) is 5.88 Å². The molecule has 0 saturated carbocycles. The van der Waals surface area contributed by atoms with Gasteiger partial charge in [-0.05, 0) is 88.7 Å². The summed E-state index contributed by atoms with van der Waals surface area (Å²) >= 11 is 0. The maximum absolute atomic E-state index is 13.2. The Bertz CT molecular complexity index is 1940. The number of nitrogens with two attached hydrogens (primary N) is 1. The van der Waals surface area contributed by atoms with Crippen LogP contribution in [0.1, 0.15) is 77.5 Å². The average molecular weight is 650 g/mol. The molecule has 13 heteroatoms. The lowest BCUT2D eigenvalue weighted by atomic mass is 9.68. The SMILES string of the molecule is CC(Oc1cc(-n2ccc(C(=O)N(C)C3COC3)n2)nc(-c2noc3c2CCCC32CCc3ccc(N)c(C#N)c32)n1)C1CCCN1C. The Morgan fingerprint density at radius 1 is 1.21 bits per heavy atom. The fourth-order valence-corrected chi connectivity index (χ4v) is 8.11. The van der Waals surface area contributed by atoms with Gasteiger partial charge >= 0.3 is 0 Å². The minimum atomic E-state index is -0.484. The fourth-order valence-electron chi connectivity index (χ4n) is 8.11. The summed E-state index contributed by atoms with van der Waals surface area (Å²) in [5.74, 6) is 1.77. The number of aryl methyl sites for hydroxylation is 1. The summed E-state index contributed by atoms with van der Waals surface area (Å²) in [5.41, 5.74) is 10.7. The maximum atomic E-state index is 13.2. The molecule has 1 spiro atoms. The molecule has 2 fully saturated rings. The zero-order chi connectivity index (χ0) is 33.2. The van der Waals surface area contributed by atoms with Gasteiger partial charge < -0.3 is 24.6 Å². The van der Waals surface area contributed by atoms with E-state index in [1.165, 1.54) is 0 Å². The summed E-state index contributed by atoms with van der Waals surface area (Å²) in [4.78, 5) is 27.0. The number of fused-ring (bicyclic) bond motifs is 4. The topological polar surface area (TPSA) is 161 Å². The third kappa shape index (κ3) is 4.85. The van der Waals surface area contributed by atoms with Crippen molar-refractivity contribution in [1.82, 2.24) is 34.7 Å². The van der Waals surface area contributed by atoms with Crippen molar-refractivity contribution in [1.29, 1.82) is 5.26 Å². The molecule has 2 N–H and O–H groups in total. The van der Waals surface area contributed by atoms with Gasteiger partial charge in [-0.25, -0.2) is 9.67 Å². The second-order valence-corrected chi connectivity index (χ2v) is 13.6. The lowest BCUT2D eigenvalue weighted by Crippen LogP contribution is -2.49. The molecule has 3 unspecified atom stereocenters. The number of nitriles is 1. The fraction of sp³-hybridized carbons (Fsp3) is 0.486. The van der Waals surface area contributed by atoms with Crippen molar-refractivity contribution in [3.05, 3.63) is 64.2 Å². The molecule has 1 amide bonds. The Labute approximate surface area is 278 Å². The van der Waals surface area contributed by atoms with Gasteiger partial charge in [-0.2, -0.15) is 15.3 Å². The molecule has 2 saturated heterocycles. The second-order valence-electron chi connectivity index (χ2n) is 13.6. The number of ether oxygens (including phenoxy) is 2. The van der Waals surface area contributed by atoms with Crippen LogP contribution in [0.3, 0.4) is 0 Å². The van der Waals surface area contributed by atoms with Crippen LogP contribution in [0.15, 0.2) is 35.0 Å². The van der Waals surface area contributed by atoms with Crippen molar-refractivity contribution in [2.45, 2.75) is 75.5 Å². The number of amides is 1. The number of carbonyl (C=O) groups is 1. The molecule has 2 aliphatic heterocycles. The van der Waals surface area contributed by atoms with E-state index in [1.54, 1.807) is 35.0 Å². The molecule has 248 valence electrons. The number of hydrogen-bond acceptors (Lipinski definition) is 11. The highest BCUT2D eigenvalue weighted by Gasteiger charge is 2.49. The van der Waals surface area contributed by atoms with Gasteiger partial charge in [0.05, 0.1) is 30.2 Å². The Hall–Kier alpha value is -4.80. The lowest BCUT2D eigenvalue weighted by Gasteiger charge is -2.34. The van der Waals surface area contributed by atoms with Crippen LogP contribution >= 0.6 is 0 Å². The Morgan fingerprint density at radius 3 is 2.81 bits per heavy atom. The minimum absolute atomic E-state index is 0.0395. The zero-order valence-electron chi connectivity index (χ0n) is 27.5. The number of benzene rings is 1. The van der Waals surface area contributed by atoms with Crippen LogP contribution in [-0.4, -0.2) is 92.7 Å². The maximum Gasteiger partial charge on any atom is 0.274 e. The number of likely N-dealkylation sites (N-methyl/N-ethyl adjacent to an activating group) is 2. The number of rotatable bonds is 7. The van der Waals surface area contributed by atoms with E-state index in [2.05, 4.69) is 35.2 Å². The number of aromatic nitrogens is 5. The van der Waals surface area contributed by atoms with E-state index in [4.69, 9.17) is 29.7 Å². The largest absolute Gasteiger partial charge is 0.473 e. The first-order valence-corrected chi connectivity index (χ1v) is 16.8. The van der Waals surface area contributed by atoms with E-state index in [-0.39, 0.29) is 24.1 Å². The first-order valence-electron chi connectivity index (χ1n) is 16.8. The number of likely N-dealkylation sites (tertiary alicyclic amines) is 1. The van der Waals surface area contributed by atoms with Gasteiger partial charge in [0.15, 0.2) is 28.8 Å². The molecule has 5 heterocycles. The minimum Gasteiger partial charge on any atom is -0.473 e. The van der Waals surface area contributed by atoms with E-state index < -0.39 is 5.41 Å². The highest BCUT2D eigenvalue weighted by molar-refractivity contribution is 5.92. The van der Waals surface area contributed by atoms with E-state index >= 15 is 0 Å². The molecule has 0 radical (unpaired) electrons. The van der Waals surface area contributed by atoms with Crippen molar-refractivity contribution >= 4 is 11.6 Å². The van der Waals surface area contributed by atoms with Crippen molar-refractivity contribution in [2.24, 2.45) is 0 Å². The van der Waals surface area contributed by atoms with Crippen molar-refractivity contribution < 1.29 is 18.8 Å². The summed E-state index contributed by atoms with van der Waals surface area (Å²) < 4.78 is 19.6. The molecule has 1 aromatic carbocycles. The average Bonchev–Trinajstić information content (AvgIpc) is 3.87.